The quantitative estimate of drug-likeness (QED) is 0.830. The molecule has 0 aliphatic carbocycles. The lowest BCUT2D eigenvalue weighted by Crippen LogP contribution is -2.31. The van der Waals surface area contributed by atoms with Crippen molar-refractivity contribution < 1.29 is 0 Å². The largest absolute Gasteiger partial charge is 0.318 e. The van der Waals surface area contributed by atoms with Crippen molar-refractivity contribution in [2.45, 2.75) is 13.0 Å². The average Bonchev–Trinajstić information content (AvgIpc) is 2.26. The van der Waals surface area contributed by atoms with Crippen LogP contribution in [0.15, 0.2) is 24.3 Å². The van der Waals surface area contributed by atoms with Crippen molar-refractivity contribution in [1.82, 2.24) is 10.2 Å². The summed E-state index contributed by atoms with van der Waals surface area (Å²) in [5, 5.41) is 4.01. The van der Waals surface area contributed by atoms with Crippen LogP contribution in [0.25, 0.3) is 0 Å². The van der Waals surface area contributed by atoms with Gasteiger partial charge in [-0.3, -0.25) is 4.90 Å². The van der Waals surface area contributed by atoms with Crippen molar-refractivity contribution in [3.63, 3.8) is 0 Å². The maximum atomic E-state index is 5.88. The van der Waals surface area contributed by atoms with E-state index in [0.717, 1.165) is 18.1 Å². The van der Waals surface area contributed by atoms with Gasteiger partial charge in [0.05, 0.1) is 0 Å². The highest BCUT2D eigenvalue weighted by Crippen LogP contribution is 2.20. The molecule has 0 radical (unpaired) electrons. The summed E-state index contributed by atoms with van der Waals surface area (Å²) in [6, 6.07) is 8.50. The van der Waals surface area contributed by atoms with Crippen LogP contribution in [0.5, 0.6) is 0 Å². The van der Waals surface area contributed by atoms with Crippen LogP contribution in [0.2, 0.25) is 5.02 Å². The van der Waals surface area contributed by atoms with Crippen LogP contribution >= 0.6 is 11.6 Å². The van der Waals surface area contributed by atoms with Crippen molar-refractivity contribution in [3.05, 3.63) is 34.9 Å². The van der Waals surface area contributed by atoms with Gasteiger partial charge in [0.2, 0.25) is 0 Å². The molecule has 1 aromatic carbocycles. The zero-order valence-electron chi connectivity index (χ0n) is 9.63. The molecule has 1 atom stereocenters. The van der Waals surface area contributed by atoms with Gasteiger partial charge in [-0.15, -0.1) is 0 Å². The monoisotopic (exact) mass is 226 g/mol. The molecular weight excluding hydrogens is 208 g/mol. The molecule has 0 fully saturated rings. The lowest BCUT2D eigenvalue weighted by Gasteiger charge is -2.27. The molecule has 1 aromatic rings. The summed E-state index contributed by atoms with van der Waals surface area (Å²) in [7, 11) is 4.11. The second-order valence-electron chi connectivity index (χ2n) is 3.70. The Kier molecular flexibility index (Phi) is 5.09. The van der Waals surface area contributed by atoms with Crippen molar-refractivity contribution >= 4 is 11.6 Å². The molecular formula is C12H19ClN2. The third kappa shape index (κ3) is 3.49. The molecule has 15 heavy (non-hydrogen) atoms. The molecule has 0 saturated carbocycles. The van der Waals surface area contributed by atoms with Crippen molar-refractivity contribution in [1.29, 1.82) is 0 Å². The molecule has 0 amide bonds. The molecule has 1 unspecified atom stereocenters. The van der Waals surface area contributed by atoms with Crippen LogP contribution in [-0.2, 0) is 0 Å². The molecule has 84 valence electrons. The van der Waals surface area contributed by atoms with E-state index in [0.29, 0.717) is 6.04 Å². The van der Waals surface area contributed by atoms with Gasteiger partial charge in [-0.1, -0.05) is 30.7 Å². The van der Waals surface area contributed by atoms with Gasteiger partial charge in [-0.05, 0) is 38.3 Å². The number of nitrogens with zero attached hydrogens (tertiary/aromatic N) is 1. The predicted octanol–water partition coefficient (Wildman–Crippen LogP) is 2.55. The van der Waals surface area contributed by atoms with Crippen LogP contribution in [0.4, 0.5) is 0 Å². The lowest BCUT2D eigenvalue weighted by atomic mass is 10.1. The van der Waals surface area contributed by atoms with E-state index in [1.165, 1.54) is 5.56 Å². The highest BCUT2D eigenvalue weighted by molar-refractivity contribution is 6.30. The molecule has 0 aromatic heterocycles. The summed E-state index contributed by atoms with van der Waals surface area (Å²) < 4.78 is 0. The van der Waals surface area contributed by atoms with Crippen molar-refractivity contribution in [3.8, 4) is 0 Å². The fraction of sp³-hybridized carbons (Fsp3) is 0.500. The Labute approximate surface area is 97.2 Å². The molecule has 1 rings (SSSR count). The van der Waals surface area contributed by atoms with Crippen LogP contribution in [0.1, 0.15) is 18.5 Å². The van der Waals surface area contributed by atoms with Crippen LogP contribution in [0.3, 0.4) is 0 Å². The molecule has 0 spiro atoms. The first-order chi connectivity index (χ1) is 7.19. The van der Waals surface area contributed by atoms with Gasteiger partial charge in [0.15, 0.2) is 0 Å². The highest BCUT2D eigenvalue weighted by Gasteiger charge is 2.14. The van der Waals surface area contributed by atoms with E-state index in [9.17, 15) is 0 Å². The van der Waals surface area contributed by atoms with E-state index in [-0.39, 0.29) is 0 Å². The number of hydrogen-bond acceptors (Lipinski definition) is 2. The van der Waals surface area contributed by atoms with E-state index in [2.05, 4.69) is 36.3 Å². The van der Waals surface area contributed by atoms with E-state index >= 15 is 0 Å². The SMILES string of the molecule is CCN(C)C(CNC)c1ccc(Cl)cc1. The second-order valence-corrected chi connectivity index (χ2v) is 4.13. The second kappa shape index (κ2) is 6.11. The molecule has 0 bridgehead atoms. The Balaban J connectivity index is 2.83. The van der Waals surface area contributed by atoms with Gasteiger partial charge in [0.25, 0.3) is 0 Å². The first-order valence-corrected chi connectivity index (χ1v) is 5.67. The molecule has 3 heteroatoms. The Morgan fingerprint density at radius 1 is 1.33 bits per heavy atom. The first-order valence-electron chi connectivity index (χ1n) is 5.29. The predicted molar refractivity (Wildman–Crippen MR) is 66.4 cm³/mol. The highest BCUT2D eigenvalue weighted by atomic mass is 35.5. The zero-order valence-corrected chi connectivity index (χ0v) is 10.4. The molecule has 1 N–H and O–H groups in total. The average molecular weight is 227 g/mol. The summed E-state index contributed by atoms with van der Waals surface area (Å²) in [4.78, 5) is 2.32. The maximum Gasteiger partial charge on any atom is 0.0469 e. The number of likely N-dealkylation sites (N-methyl/N-ethyl adjacent to an activating group) is 2. The summed E-state index contributed by atoms with van der Waals surface area (Å²) in [5.41, 5.74) is 1.30. The third-order valence-corrected chi connectivity index (χ3v) is 2.94. The lowest BCUT2D eigenvalue weighted by molar-refractivity contribution is 0.254. The Hall–Kier alpha value is -0.570. The van der Waals surface area contributed by atoms with E-state index in [1.54, 1.807) is 0 Å². The minimum Gasteiger partial charge on any atom is -0.318 e. The summed E-state index contributed by atoms with van der Waals surface area (Å²) in [5.74, 6) is 0. The third-order valence-electron chi connectivity index (χ3n) is 2.68. The van der Waals surface area contributed by atoms with Crippen LogP contribution < -0.4 is 5.32 Å². The Morgan fingerprint density at radius 3 is 2.40 bits per heavy atom. The minimum atomic E-state index is 0.414. The normalized spacial score (nSPS) is 13.1. The maximum absolute atomic E-state index is 5.88. The van der Waals surface area contributed by atoms with E-state index < -0.39 is 0 Å². The number of hydrogen-bond donors (Lipinski definition) is 1. The number of benzene rings is 1. The Morgan fingerprint density at radius 2 is 1.93 bits per heavy atom. The molecule has 2 nitrogen and oxygen atoms in total. The number of nitrogens with one attached hydrogen (secondary N) is 1. The number of rotatable bonds is 5. The number of halogens is 1. The summed E-state index contributed by atoms with van der Waals surface area (Å²) >= 11 is 5.88. The van der Waals surface area contributed by atoms with E-state index in [1.807, 2.05) is 19.2 Å². The zero-order chi connectivity index (χ0) is 11.3. The fourth-order valence-electron chi connectivity index (χ4n) is 1.63. The Bertz CT molecular complexity index is 284. The van der Waals surface area contributed by atoms with Gasteiger partial charge in [0.1, 0.15) is 0 Å². The molecule has 0 saturated heterocycles. The van der Waals surface area contributed by atoms with Gasteiger partial charge in [-0.2, -0.15) is 0 Å². The minimum absolute atomic E-state index is 0.414. The van der Waals surface area contributed by atoms with Gasteiger partial charge >= 0.3 is 0 Å². The first kappa shape index (κ1) is 12.5. The van der Waals surface area contributed by atoms with Gasteiger partial charge in [-0.25, -0.2) is 0 Å². The van der Waals surface area contributed by atoms with Gasteiger partial charge < -0.3 is 5.32 Å². The standard InChI is InChI=1S/C12H19ClN2/c1-4-15(3)12(9-14-2)10-5-7-11(13)8-6-10/h5-8,12,14H,4,9H2,1-3H3. The summed E-state index contributed by atoms with van der Waals surface area (Å²) in [6.07, 6.45) is 0. The fourth-order valence-corrected chi connectivity index (χ4v) is 1.75. The van der Waals surface area contributed by atoms with Crippen LogP contribution in [-0.4, -0.2) is 32.1 Å². The van der Waals surface area contributed by atoms with Gasteiger partial charge in [0, 0.05) is 17.6 Å². The smallest absolute Gasteiger partial charge is 0.0469 e. The van der Waals surface area contributed by atoms with E-state index in [4.69, 9.17) is 11.6 Å². The molecule has 0 aliphatic heterocycles. The molecule has 0 heterocycles. The van der Waals surface area contributed by atoms with Crippen molar-refractivity contribution in [2.24, 2.45) is 0 Å². The van der Waals surface area contributed by atoms with Crippen molar-refractivity contribution in [2.75, 3.05) is 27.2 Å². The molecule has 0 aliphatic rings. The summed E-state index contributed by atoms with van der Waals surface area (Å²) in [6.45, 7) is 4.15. The topological polar surface area (TPSA) is 15.3 Å². The van der Waals surface area contributed by atoms with Crippen LogP contribution in [0, 0.1) is 0 Å².